The average molecular weight is 713 g/mol. The van der Waals surface area contributed by atoms with E-state index in [0.717, 1.165) is 19.3 Å². The Morgan fingerprint density at radius 2 is 0.872 bits per heavy atom. The fraction of sp³-hybridized carbons (Fsp3) is 0.837. The van der Waals surface area contributed by atoms with E-state index < -0.39 is 6.89 Å². The molecule has 0 fully saturated rings. The molecule has 0 amide bonds. The molecule has 1 radical (unpaired) electrons. The van der Waals surface area contributed by atoms with Gasteiger partial charge in [-0.2, -0.15) is 6.08 Å². The molecule has 0 atom stereocenters. The van der Waals surface area contributed by atoms with E-state index in [4.69, 9.17) is 0 Å². The first kappa shape index (κ1) is 48.6. The van der Waals surface area contributed by atoms with Crippen LogP contribution in [0.15, 0.2) is 24.3 Å². The van der Waals surface area contributed by atoms with Crippen LogP contribution in [0.1, 0.15) is 213 Å². The fourth-order valence-electron chi connectivity index (χ4n) is 6.57. The standard InChI is InChI=1S/C38H73O2P.C5H5.Mn/c1-3-5-7-9-11-13-19-23-27-31-35-41(38-40,36-32-28-24-20-14-12-10-8-6-4-2)37-33-29-25-21-17-15-16-18-22-26-30-34-39;1-2-4-5-3-1;/h30H,3-29,31-33,35-37H2,1-2H3;1-3H,4H2;/q;-1;. The molecule has 0 heterocycles. The van der Waals surface area contributed by atoms with E-state index in [0.29, 0.717) is 0 Å². The molecule has 0 N–H and O–H groups in total. The van der Waals surface area contributed by atoms with Gasteiger partial charge in [0.05, 0.1) is 0 Å². The molecule has 0 unspecified atom stereocenters. The first-order chi connectivity index (χ1) is 22.7. The first-order valence-corrected chi connectivity index (χ1v) is 22.8. The van der Waals surface area contributed by atoms with Crippen LogP contribution in [-0.4, -0.2) is 30.1 Å². The molecule has 0 aromatic heterocycles. The van der Waals surface area contributed by atoms with Crippen LogP contribution in [0.2, 0.25) is 0 Å². The summed E-state index contributed by atoms with van der Waals surface area (Å²) >= 11 is 0. The number of hydrogen-bond acceptors (Lipinski definition) is 2. The Bertz CT molecular complexity index is 769. The zero-order chi connectivity index (χ0) is 33.5. The molecule has 0 aromatic carbocycles. The summed E-state index contributed by atoms with van der Waals surface area (Å²) < 4.78 is 0. The summed E-state index contributed by atoms with van der Waals surface area (Å²) in [6.45, 7) is 3.04. The number of hydrogen-bond donors (Lipinski definition) is 0. The van der Waals surface area contributed by atoms with Crippen molar-refractivity contribution in [3.8, 4) is 0 Å². The van der Waals surface area contributed by atoms with E-state index in [1.165, 1.54) is 198 Å². The summed E-state index contributed by atoms with van der Waals surface area (Å²) in [5.74, 6) is 1.87. The fourth-order valence-corrected chi connectivity index (χ4v) is 10.0. The average Bonchev–Trinajstić information content (AvgIpc) is 3.67. The second-order valence-electron chi connectivity index (χ2n) is 14.1. The van der Waals surface area contributed by atoms with E-state index in [1.807, 2.05) is 18.1 Å². The van der Waals surface area contributed by atoms with Gasteiger partial charge < -0.3 is 0 Å². The second kappa shape index (κ2) is 41.6. The van der Waals surface area contributed by atoms with Crippen molar-refractivity contribution in [3.63, 3.8) is 0 Å². The van der Waals surface area contributed by atoms with Crippen molar-refractivity contribution in [2.75, 3.05) is 18.5 Å². The van der Waals surface area contributed by atoms with Crippen LogP contribution in [0.4, 0.5) is 0 Å². The van der Waals surface area contributed by atoms with Crippen LogP contribution >= 0.6 is 6.89 Å². The number of allylic oxidation sites excluding steroid dienone is 5. The Morgan fingerprint density at radius 1 is 0.532 bits per heavy atom. The molecule has 47 heavy (non-hydrogen) atoms. The SMILES string of the molecule is CCCCCCCCCCCCP(=C=O)(CCCCCCCCCCCC)CCCCCCCCCCCC=C=O.[C-]1=CC=CC1.[Mn]. The molecule has 1 rings (SSSR count). The molecule has 2 nitrogen and oxygen atoms in total. The van der Waals surface area contributed by atoms with Gasteiger partial charge in [-0.25, -0.2) is 21.7 Å². The van der Waals surface area contributed by atoms with Gasteiger partial charge >= 0.3 is 0 Å². The van der Waals surface area contributed by atoms with Crippen LogP contribution in [-0.2, 0) is 26.7 Å². The van der Waals surface area contributed by atoms with Gasteiger partial charge in [-0.1, -0.05) is 174 Å². The molecular weight excluding hydrogens is 634 g/mol. The van der Waals surface area contributed by atoms with Crippen molar-refractivity contribution >= 4 is 18.5 Å². The van der Waals surface area contributed by atoms with Gasteiger partial charge in [0.1, 0.15) is 11.6 Å². The number of carbonyl (C=O) groups excluding carboxylic acids is 2. The van der Waals surface area contributed by atoms with E-state index in [-0.39, 0.29) is 17.1 Å². The first-order valence-electron chi connectivity index (χ1n) is 20.4. The third-order valence-corrected chi connectivity index (χ3v) is 13.6. The second-order valence-corrected chi connectivity index (χ2v) is 17.9. The maximum atomic E-state index is 12.4. The van der Waals surface area contributed by atoms with Gasteiger partial charge in [-0.15, -0.1) is 6.42 Å². The van der Waals surface area contributed by atoms with E-state index in [9.17, 15) is 9.59 Å². The molecular formula is C43H78MnO2P-. The molecule has 275 valence electrons. The summed E-state index contributed by atoms with van der Waals surface area (Å²) in [5, 5.41) is 0. The maximum Gasteiger partial charge on any atom is 0.120 e. The predicted octanol–water partition coefficient (Wildman–Crippen LogP) is 14.5. The zero-order valence-electron chi connectivity index (χ0n) is 31.5. The summed E-state index contributed by atoms with van der Waals surface area (Å²) in [6.07, 6.45) is 55.0. The molecule has 0 saturated heterocycles. The molecule has 0 spiro atoms. The smallest absolute Gasteiger partial charge is 0.120 e. The van der Waals surface area contributed by atoms with E-state index in [1.54, 1.807) is 6.08 Å². The van der Waals surface area contributed by atoms with Crippen molar-refractivity contribution in [2.24, 2.45) is 0 Å². The Morgan fingerprint density at radius 3 is 1.13 bits per heavy atom. The predicted molar refractivity (Wildman–Crippen MR) is 209 cm³/mol. The Hall–Kier alpha value is -0.541. The molecule has 0 bridgehead atoms. The molecule has 1 aliphatic carbocycles. The summed E-state index contributed by atoms with van der Waals surface area (Å²) in [6, 6.07) is 0. The largest absolute Gasteiger partial charge is 0.273 e. The minimum absolute atomic E-state index is 0. The van der Waals surface area contributed by atoms with Crippen molar-refractivity contribution in [3.05, 3.63) is 30.4 Å². The topological polar surface area (TPSA) is 34.1 Å². The van der Waals surface area contributed by atoms with Crippen LogP contribution in [0.3, 0.4) is 0 Å². The molecule has 1 aliphatic rings. The normalized spacial score (nSPS) is 11.9. The van der Waals surface area contributed by atoms with Gasteiger partial charge in [-0.3, -0.25) is 6.08 Å². The molecule has 0 aromatic rings. The van der Waals surface area contributed by atoms with Crippen LogP contribution < -0.4 is 0 Å². The van der Waals surface area contributed by atoms with Crippen molar-refractivity contribution in [2.45, 2.75) is 213 Å². The zero-order valence-corrected chi connectivity index (χ0v) is 33.6. The maximum absolute atomic E-state index is 12.4. The monoisotopic (exact) mass is 713 g/mol. The Labute approximate surface area is 305 Å². The quantitative estimate of drug-likeness (QED) is 0.0219. The Balaban J connectivity index is 0. The molecule has 0 aliphatic heterocycles. The number of rotatable bonds is 34. The summed E-state index contributed by atoms with van der Waals surface area (Å²) in [7, 11) is 0. The third kappa shape index (κ3) is 36.6. The van der Waals surface area contributed by atoms with Gasteiger partial charge in [0, 0.05) is 17.1 Å². The van der Waals surface area contributed by atoms with Gasteiger partial charge in [0.15, 0.2) is 0 Å². The molecule has 0 saturated carbocycles. The minimum atomic E-state index is -1.54. The van der Waals surface area contributed by atoms with E-state index in [2.05, 4.69) is 31.7 Å². The van der Waals surface area contributed by atoms with Crippen LogP contribution in [0.25, 0.3) is 0 Å². The van der Waals surface area contributed by atoms with Crippen molar-refractivity contribution in [1.82, 2.24) is 0 Å². The third-order valence-electron chi connectivity index (χ3n) is 9.68. The van der Waals surface area contributed by atoms with E-state index >= 15 is 0 Å². The van der Waals surface area contributed by atoms with Gasteiger partial charge in [0.25, 0.3) is 0 Å². The van der Waals surface area contributed by atoms with Crippen molar-refractivity contribution in [1.29, 1.82) is 0 Å². The summed E-state index contributed by atoms with van der Waals surface area (Å²) in [5.41, 5.74) is 2.75. The van der Waals surface area contributed by atoms with Crippen LogP contribution in [0.5, 0.6) is 0 Å². The summed E-state index contributed by atoms with van der Waals surface area (Å²) in [4.78, 5) is 22.7. The van der Waals surface area contributed by atoms with Gasteiger partial charge in [-0.05, 0) is 63.6 Å². The minimum Gasteiger partial charge on any atom is -0.273 e. The Kier molecular flexibility index (Phi) is 43.0. The molecule has 4 heteroatoms. The number of unbranched alkanes of at least 4 members (excludes halogenated alkanes) is 27. The van der Waals surface area contributed by atoms with Crippen LogP contribution in [0, 0.1) is 6.08 Å². The van der Waals surface area contributed by atoms with Gasteiger partial charge in [0.2, 0.25) is 0 Å². The van der Waals surface area contributed by atoms with Crippen molar-refractivity contribution < 1.29 is 26.7 Å².